The molecule has 0 aliphatic rings. The van der Waals surface area contributed by atoms with Gasteiger partial charge in [-0.25, -0.2) is 8.42 Å². The van der Waals surface area contributed by atoms with Crippen LogP contribution in [0.15, 0.2) is 24.4 Å². The fraction of sp³-hybridized carbons (Fsp3) is 0.500. The third kappa shape index (κ3) is 4.96. The molecule has 12 heavy (non-hydrogen) atoms. The molecular weight excluding hydrogens is 174 g/mol. The van der Waals surface area contributed by atoms with E-state index in [-0.39, 0.29) is 5.75 Å². The van der Waals surface area contributed by atoms with Crippen LogP contribution in [-0.4, -0.2) is 14.2 Å². The standard InChI is InChI=1S/C8H15NO2S/c1-4-6-8(3)9-12(10,11)7-5-2/h4,6,9H,1,5,7H2,2-3H3. The first-order valence-electron chi connectivity index (χ1n) is 3.81. The molecule has 0 aliphatic heterocycles. The maximum Gasteiger partial charge on any atom is 0.232 e. The van der Waals surface area contributed by atoms with Crippen molar-refractivity contribution in [2.24, 2.45) is 0 Å². The first-order chi connectivity index (χ1) is 5.52. The first kappa shape index (κ1) is 11.2. The predicted molar refractivity (Wildman–Crippen MR) is 51.2 cm³/mol. The molecule has 0 aromatic carbocycles. The third-order valence-corrected chi connectivity index (χ3v) is 2.74. The van der Waals surface area contributed by atoms with Crippen molar-refractivity contribution in [3.05, 3.63) is 24.4 Å². The highest BCUT2D eigenvalue weighted by Crippen LogP contribution is 1.94. The van der Waals surface area contributed by atoms with E-state index in [1.165, 1.54) is 0 Å². The van der Waals surface area contributed by atoms with Gasteiger partial charge in [-0.3, -0.25) is 4.72 Å². The van der Waals surface area contributed by atoms with Gasteiger partial charge in [0, 0.05) is 5.70 Å². The summed E-state index contributed by atoms with van der Waals surface area (Å²) < 4.78 is 24.7. The molecule has 0 atom stereocenters. The van der Waals surface area contributed by atoms with Gasteiger partial charge in [-0.1, -0.05) is 19.6 Å². The number of nitrogens with one attached hydrogen (secondary N) is 1. The predicted octanol–water partition coefficient (Wildman–Crippen LogP) is 1.41. The SMILES string of the molecule is C=CC=C(C)NS(=O)(=O)CCC. The van der Waals surface area contributed by atoms with Crippen LogP contribution in [0.2, 0.25) is 0 Å². The lowest BCUT2D eigenvalue weighted by Gasteiger charge is -2.05. The van der Waals surface area contributed by atoms with Gasteiger partial charge in [-0.05, 0) is 19.4 Å². The summed E-state index contributed by atoms with van der Waals surface area (Å²) in [5.74, 6) is 0.162. The molecule has 0 fully saturated rings. The Labute approximate surface area is 74.2 Å². The quantitative estimate of drug-likeness (QED) is 0.665. The van der Waals surface area contributed by atoms with Crippen LogP contribution < -0.4 is 4.72 Å². The van der Waals surface area contributed by atoms with Crippen molar-refractivity contribution >= 4 is 10.0 Å². The van der Waals surface area contributed by atoms with Crippen LogP contribution in [-0.2, 0) is 10.0 Å². The number of hydrogen-bond donors (Lipinski definition) is 1. The Kier molecular flexibility index (Phi) is 4.66. The Bertz CT molecular complexity index is 265. The molecule has 0 aromatic rings. The Morgan fingerprint density at radius 2 is 2.17 bits per heavy atom. The van der Waals surface area contributed by atoms with Crippen LogP contribution in [0.5, 0.6) is 0 Å². The smallest absolute Gasteiger partial charge is 0.232 e. The highest BCUT2D eigenvalue weighted by molar-refractivity contribution is 7.89. The Balaban J connectivity index is 4.25. The molecule has 0 amide bonds. The minimum absolute atomic E-state index is 0.162. The molecule has 0 unspecified atom stereocenters. The van der Waals surface area contributed by atoms with Crippen molar-refractivity contribution < 1.29 is 8.42 Å². The summed E-state index contributed by atoms with van der Waals surface area (Å²) in [6, 6.07) is 0. The summed E-state index contributed by atoms with van der Waals surface area (Å²) in [7, 11) is -3.12. The van der Waals surface area contributed by atoms with E-state index in [0.717, 1.165) is 0 Å². The van der Waals surface area contributed by atoms with Crippen molar-refractivity contribution in [1.82, 2.24) is 4.72 Å². The topological polar surface area (TPSA) is 46.2 Å². The maximum atomic E-state index is 11.1. The molecule has 0 heterocycles. The second-order valence-corrected chi connectivity index (χ2v) is 4.35. The fourth-order valence-electron chi connectivity index (χ4n) is 0.776. The minimum Gasteiger partial charge on any atom is -0.288 e. The zero-order chi connectivity index (χ0) is 9.61. The van der Waals surface area contributed by atoms with Crippen molar-refractivity contribution in [2.75, 3.05) is 5.75 Å². The van der Waals surface area contributed by atoms with Crippen LogP contribution in [0.3, 0.4) is 0 Å². The molecule has 0 spiro atoms. The second kappa shape index (κ2) is 4.98. The lowest BCUT2D eigenvalue weighted by atomic mass is 10.4. The van der Waals surface area contributed by atoms with Crippen LogP contribution >= 0.6 is 0 Å². The van der Waals surface area contributed by atoms with Gasteiger partial charge < -0.3 is 0 Å². The molecular formula is C8H15NO2S. The highest BCUT2D eigenvalue weighted by atomic mass is 32.2. The third-order valence-electron chi connectivity index (χ3n) is 1.16. The van der Waals surface area contributed by atoms with Crippen LogP contribution in [0.1, 0.15) is 20.3 Å². The lowest BCUT2D eigenvalue weighted by Crippen LogP contribution is -2.24. The lowest BCUT2D eigenvalue weighted by molar-refractivity contribution is 0.587. The van der Waals surface area contributed by atoms with Gasteiger partial charge in [0.2, 0.25) is 10.0 Å². The summed E-state index contributed by atoms with van der Waals surface area (Å²) in [6.07, 6.45) is 3.79. The highest BCUT2D eigenvalue weighted by Gasteiger charge is 2.06. The molecule has 0 radical (unpaired) electrons. The Morgan fingerprint density at radius 3 is 2.58 bits per heavy atom. The molecule has 0 saturated carbocycles. The van der Waals surface area contributed by atoms with Crippen LogP contribution in [0.4, 0.5) is 0 Å². The molecule has 70 valence electrons. The average Bonchev–Trinajstić information content (AvgIpc) is 1.85. The van der Waals surface area contributed by atoms with Gasteiger partial charge in [0.25, 0.3) is 0 Å². The normalized spacial score (nSPS) is 12.7. The van der Waals surface area contributed by atoms with E-state index in [2.05, 4.69) is 11.3 Å². The molecule has 0 rings (SSSR count). The molecule has 4 heteroatoms. The molecule has 1 N–H and O–H groups in total. The number of hydrogen-bond acceptors (Lipinski definition) is 2. The van der Waals surface area contributed by atoms with Crippen LogP contribution in [0, 0.1) is 0 Å². The monoisotopic (exact) mass is 189 g/mol. The number of sulfonamides is 1. The Hall–Kier alpha value is -0.770. The van der Waals surface area contributed by atoms with E-state index < -0.39 is 10.0 Å². The van der Waals surface area contributed by atoms with Gasteiger partial charge in [0.15, 0.2) is 0 Å². The van der Waals surface area contributed by atoms with Gasteiger partial charge >= 0.3 is 0 Å². The summed E-state index contributed by atoms with van der Waals surface area (Å²) in [5, 5.41) is 0. The minimum atomic E-state index is -3.12. The maximum absolute atomic E-state index is 11.1. The summed E-state index contributed by atoms with van der Waals surface area (Å²) in [4.78, 5) is 0. The van der Waals surface area contributed by atoms with Crippen molar-refractivity contribution in [2.45, 2.75) is 20.3 Å². The fourth-order valence-corrected chi connectivity index (χ4v) is 1.97. The van der Waals surface area contributed by atoms with Gasteiger partial charge in [0.05, 0.1) is 5.75 Å². The van der Waals surface area contributed by atoms with Gasteiger partial charge in [-0.2, -0.15) is 0 Å². The summed E-state index contributed by atoms with van der Waals surface area (Å²) >= 11 is 0. The number of rotatable bonds is 5. The second-order valence-electron chi connectivity index (χ2n) is 2.51. The van der Waals surface area contributed by atoms with Gasteiger partial charge in [-0.15, -0.1) is 0 Å². The number of allylic oxidation sites excluding steroid dienone is 3. The van der Waals surface area contributed by atoms with Crippen LogP contribution in [0.25, 0.3) is 0 Å². The largest absolute Gasteiger partial charge is 0.288 e. The zero-order valence-corrected chi connectivity index (χ0v) is 8.32. The zero-order valence-electron chi connectivity index (χ0n) is 7.50. The average molecular weight is 189 g/mol. The molecule has 0 aliphatic carbocycles. The first-order valence-corrected chi connectivity index (χ1v) is 5.47. The van der Waals surface area contributed by atoms with E-state index in [4.69, 9.17) is 0 Å². The van der Waals surface area contributed by atoms with Gasteiger partial charge in [0.1, 0.15) is 0 Å². The van der Waals surface area contributed by atoms with E-state index in [1.54, 1.807) is 19.1 Å². The summed E-state index contributed by atoms with van der Waals surface area (Å²) in [6.45, 7) is 6.98. The van der Waals surface area contributed by atoms with E-state index in [1.807, 2.05) is 6.92 Å². The van der Waals surface area contributed by atoms with E-state index in [9.17, 15) is 8.42 Å². The van der Waals surface area contributed by atoms with Crippen molar-refractivity contribution in [3.8, 4) is 0 Å². The van der Waals surface area contributed by atoms with Crippen molar-refractivity contribution in [3.63, 3.8) is 0 Å². The molecule has 0 aromatic heterocycles. The van der Waals surface area contributed by atoms with E-state index in [0.29, 0.717) is 12.1 Å². The Morgan fingerprint density at radius 1 is 1.58 bits per heavy atom. The molecule has 0 saturated heterocycles. The summed E-state index contributed by atoms with van der Waals surface area (Å²) in [5.41, 5.74) is 0.596. The molecule has 0 bridgehead atoms. The molecule has 3 nitrogen and oxygen atoms in total. The van der Waals surface area contributed by atoms with E-state index >= 15 is 0 Å². The van der Waals surface area contributed by atoms with Crippen molar-refractivity contribution in [1.29, 1.82) is 0 Å².